The van der Waals surface area contributed by atoms with Crippen LogP contribution < -0.4 is 0 Å². The van der Waals surface area contributed by atoms with Gasteiger partial charge in [0.15, 0.2) is 5.76 Å². The van der Waals surface area contributed by atoms with Crippen molar-refractivity contribution >= 4 is 32.1 Å². The minimum atomic E-state index is -5.90. The van der Waals surface area contributed by atoms with Gasteiger partial charge in [-0.2, -0.15) is 21.6 Å². The van der Waals surface area contributed by atoms with Crippen molar-refractivity contribution in [2.45, 2.75) is 22.8 Å². The number of ether oxygens (including phenoxy) is 2. The highest BCUT2D eigenvalue weighted by atomic mass is 79.9. The molecule has 0 unspecified atom stereocenters. The predicted octanol–water partition coefficient (Wildman–Crippen LogP) is 2.75. The summed E-state index contributed by atoms with van der Waals surface area (Å²) in [6.45, 7) is 3.92. The zero-order chi connectivity index (χ0) is 20.4. The van der Waals surface area contributed by atoms with Gasteiger partial charge in [0.2, 0.25) is 0 Å². The molecular formula is C15H17BrF3NO6S. The van der Waals surface area contributed by atoms with Gasteiger partial charge in [-0.25, -0.2) is 4.79 Å². The molecule has 1 aliphatic heterocycles. The van der Waals surface area contributed by atoms with Gasteiger partial charge in [-0.3, -0.25) is 0 Å². The fourth-order valence-electron chi connectivity index (χ4n) is 4.50. The van der Waals surface area contributed by atoms with E-state index in [9.17, 15) is 26.4 Å². The van der Waals surface area contributed by atoms with Crippen LogP contribution in [0.25, 0.3) is 0 Å². The summed E-state index contributed by atoms with van der Waals surface area (Å²) in [7, 11) is -3.49. The molecule has 1 saturated carbocycles. The first-order valence-corrected chi connectivity index (χ1v) is 10.2. The smallest absolute Gasteiger partial charge is 0.498 e. The van der Waals surface area contributed by atoms with Crippen LogP contribution in [0, 0.1) is 17.3 Å². The molecule has 12 heteroatoms. The van der Waals surface area contributed by atoms with Crippen LogP contribution in [0.5, 0.6) is 0 Å². The van der Waals surface area contributed by atoms with E-state index in [-0.39, 0.29) is 29.5 Å². The van der Waals surface area contributed by atoms with E-state index in [1.165, 1.54) is 19.1 Å². The standard InChI is InChI=1S/C15H17BrF3NO6S/c1-4-14-6-20(13(21)25-3)11-9(14)12(26-27(22,23)15(17,18)19)8(24-2)5-7(14)10(11)16/h4,7,9-11H,1,5-6H2,2-3H3/t7-,9-,10-,11-,14+/m1/s1. The largest absolute Gasteiger partial charge is 0.534 e. The molecule has 3 rings (SSSR count). The molecule has 2 aliphatic carbocycles. The normalized spacial score (nSPS) is 35.3. The van der Waals surface area contributed by atoms with E-state index in [0.29, 0.717) is 0 Å². The number of rotatable bonds is 4. The van der Waals surface area contributed by atoms with Crippen molar-refractivity contribution in [3.63, 3.8) is 0 Å². The maximum atomic E-state index is 12.9. The van der Waals surface area contributed by atoms with E-state index in [1.54, 1.807) is 6.08 Å². The van der Waals surface area contributed by atoms with Crippen molar-refractivity contribution in [1.29, 1.82) is 0 Å². The summed E-state index contributed by atoms with van der Waals surface area (Å²) in [5.74, 6) is -1.47. The maximum Gasteiger partial charge on any atom is 0.534 e. The number of methoxy groups -OCH3 is 2. The van der Waals surface area contributed by atoms with E-state index < -0.39 is 44.9 Å². The number of allylic oxidation sites excluding steroid dienone is 1. The minimum absolute atomic E-state index is 0.00830. The van der Waals surface area contributed by atoms with E-state index in [0.717, 1.165) is 0 Å². The lowest BCUT2D eigenvalue weighted by atomic mass is 9.67. The number of alkyl halides is 4. The predicted molar refractivity (Wildman–Crippen MR) is 89.9 cm³/mol. The van der Waals surface area contributed by atoms with Gasteiger partial charge in [0.05, 0.1) is 26.2 Å². The van der Waals surface area contributed by atoms with Crippen LogP contribution in [0.2, 0.25) is 0 Å². The highest BCUT2D eigenvalue weighted by Gasteiger charge is 2.71. The quantitative estimate of drug-likeness (QED) is 0.269. The average Bonchev–Trinajstić information content (AvgIpc) is 3.02. The number of hydrogen-bond acceptors (Lipinski definition) is 6. The number of piperidine rings is 1. The van der Waals surface area contributed by atoms with Crippen molar-refractivity contribution < 1.29 is 40.0 Å². The van der Waals surface area contributed by atoms with Gasteiger partial charge in [0, 0.05) is 23.2 Å². The molecule has 0 aromatic heterocycles. The second-order valence-electron chi connectivity index (χ2n) is 6.61. The molecule has 5 atom stereocenters. The van der Waals surface area contributed by atoms with Crippen LogP contribution in [-0.2, 0) is 23.8 Å². The molecular weight excluding hydrogens is 459 g/mol. The molecule has 3 aliphatic rings. The number of halogens is 4. The highest BCUT2D eigenvalue weighted by Crippen LogP contribution is 2.66. The van der Waals surface area contributed by atoms with Crippen LogP contribution in [0.4, 0.5) is 18.0 Å². The van der Waals surface area contributed by atoms with Crippen molar-refractivity contribution in [3.8, 4) is 0 Å². The van der Waals surface area contributed by atoms with E-state index in [4.69, 9.17) is 9.47 Å². The highest BCUT2D eigenvalue weighted by molar-refractivity contribution is 9.09. The Labute approximate surface area is 162 Å². The van der Waals surface area contributed by atoms with Crippen molar-refractivity contribution in [2.75, 3.05) is 20.8 Å². The van der Waals surface area contributed by atoms with Crippen molar-refractivity contribution in [1.82, 2.24) is 4.90 Å². The second kappa shape index (κ2) is 6.29. The summed E-state index contributed by atoms with van der Waals surface area (Å²) in [5, 5.41) is 0. The third-order valence-corrected chi connectivity index (χ3v) is 7.75. The van der Waals surface area contributed by atoms with Gasteiger partial charge in [0.25, 0.3) is 0 Å². The Bertz CT molecular complexity index is 813. The topological polar surface area (TPSA) is 82.1 Å². The monoisotopic (exact) mass is 475 g/mol. The minimum Gasteiger partial charge on any atom is -0.498 e. The lowest BCUT2D eigenvalue weighted by Gasteiger charge is -2.42. The molecule has 0 radical (unpaired) electrons. The first-order chi connectivity index (χ1) is 12.4. The fourth-order valence-corrected chi connectivity index (χ4v) is 6.30. The Balaban J connectivity index is 2.13. The molecule has 1 saturated heterocycles. The number of carbonyl (C=O) groups is 1. The van der Waals surface area contributed by atoms with Crippen LogP contribution in [0.3, 0.4) is 0 Å². The Morgan fingerprint density at radius 3 is 2.52 bits per heavy atom. The van der Waals surface area contributed by atoms with E-state index in [2.05, 4.69) is 26.7 Å². The van der Waals surface area contributed by atoms with Crippen LogP contribution >= 0.6 is 15.9 Å². The first-order valence-electron chi connectivity index (χ1n) is 7.85. The molecule has 0 aromatic rings. The molecule has 1 heterocycles. The van der Waals surface area contributed by atoms with E-state index in [1.807, 2.05) is 0 Å². The summed E-state index contributed by atoms with van der Waals surface area (Å²) in [6, 6.07) is -0.675. The Hall–Kier alpha value is -1.43. The number of hydrogen-bond donors (Lipinski definition) is 0. The molecule has 7 nitrogen and oxygen atoms in total. The van der Waals surface area contributed by atoms with Crippen molar-refractivity contribution in [3.05, 3.63) is 24.2 Å². The van der Waals surface area contributed by atoms with E-state index >= 15 is 0 Å². The fraction of sp³-hybridized carbons (Fsp3) is 0.667. The van der Waals surface area contributed by atoms with Crippen molar-refractivity contribution in [2.24, 2.45) is 17.3 Å². The molecule has 2 fully saturated rings. The number of carbonyl (C=O) groups excluding carboxylic acids is 1. The molecule has 152 valence electrons. The molecule has 1 amide bonds. The lowest BCUT2D eigenvalue weighted by Crippen LogP contribution is -2.49. The SMILES string of the molecule is C=C[C@]12CN(C(=O)OC)[C@H]3[C@H](Br)[C@H]1CC(OC)=C(OS(=O)(=O)C(F)(F)F)[C@@H]32. The molecule has 4 bridgehead atoms. The third-order valence-electron chi connectivity index (χ3n) is 5.61. The van der Waals surface area contributed by atoms with Crippen LogP contribution in [-0.4, -0.2) is 56.6 Å². The maximum absolute atomic E-state index is 12.9. The third kappa shape index (κ3) is 2.66. The Morgan fingerprint density at radius 1 is 1.41 bits per heavy atom. The summed E-state index contributed by atoms with van der Waals surface area (Å²) >= 11 is 3.51. The zero-order valence-electron chi connectivity index (χ0n) is 14.3. The number of likely N-dealkylation sites (tertiary alicyclic amines) is 1. The van der Waals surface area contributed by atoms with Gasteiger partial charge in [-0.15, -0.1) is 6.58 Å². The molecule has 0 spiro atoms. The van der Waals surface area contributed by atoms with Gasteiger partial charge >= 0.3 is 21.7 Å². The summed E-state index contributed by atoms with van der Waals surface area (Å²) in [5.41, 5.74) is -6.46. The summed E-state index contributed by atoms with van der Waals surface area (Å²) < 4.78 is 76.5. The van der Waals surface area contributed by atoms with Gasteiger partial charge < -0.3 is 18.6 Å². The average molecular weight is 476 g/mol. The van der Waals surface area contributed by atoms with Gasteiger partial charge in [-0.05, 0) is 5.92 Å². The summed E-state index contributed by atoms with van der Waals surface area (Å²) in [4.78, 5) is 13.2. The van der Waals surface area contributed by atoms with Crippen LogP contribution in [0.15, 0.2) is 24.2 Å². The molecule has 27 heavy (non-hydrogen) atoms. The first kappa shape index (κ1) is 20.3. The molecule has 0 N–H and O–H groups in total. The Kier molecular flexibility index (Phi) is 4.73. The number of nitrogens with zero attached hydrogens (tertiary/aromatic N) is 1. The summed E-state index contributed by atoms with van der Waals surface area (Å²) in [6.07, 6.45) is 1.02. The molecule has 0 aromatic carbocycles. The lowest BCUT2D eigenvalue weighted by molar-refractivity contribution is -0.0536. The van der Waals surface area contributed by atoms with Gasteiger partial charge in [-0.1, -0.05) is 22.0 Å². The Morgan fingerprint density at radius 2 is 2.04 bits per heavy atom. The van der Waals surface area contributed by atoms with Gasteiger partial charge in [0.1, 0.15) is 5.76 Å². The van der Waals surface area contributed by atoms with Crippen LogP contribution in [0.1, 0.15) is 6.42 Å². The second-order valence-corrected chi connectivity index (χ2v) is 9.21. The number of amides is 1. The zero-order valence-corrected chi connectivity index (χ0v) is 16.7.